The van der Waals surface area contributed by atoms with Gasteiger partial charge in [-0.05, 0) is 38.6 Å². The standard InChI is InChI=1S/C15H25N3/c1-11(2)8-9-15-17-10-12-13(16-3)6-4-5-7-14(12)18-15/h10-11,13,16H,4-9H2,1-3H3. The molecule has 0 saturated carbocycles. The van der Waals surface area contributed by atoms with Gasteiger partial charge in [-0.2, -0.15) is 0 Å². The summed E-state index contributed by atoms with van der Waals surface area (Å²) in [4.78, 5) is 9.35. The molecule has 18 heavy (non-hydrogen) atoms. The normalized spacial score (nSPS) is 19.7. The van der Waals surface area contributed by atoms with E-state index in [2.05, 4.69) is 30.3 Å². The molecule has 1 N–H and O–H groups in total. The predicted octanol–water partition coefficient (Wildman–Crippen LogP) is 3.05. The minimum absolute atomic E-state index is 0.446. The molecule has 0 radical (unpaired) electrons. The summed E-state index contributed by atoms with van der Waals surface area (Å²) in [6.45, 7) is 4.50. The molecule has 0 bridgehead atoms. The van der Waals surface area contributed by atoms with Crippen molar-refractivity contribution in [2.45, 2.75) is 58.4 Å². The van der Waals surface area contributed by atoms with Gasteiger partial charge in [0.2, 0.25) is 0 Å². The van der Waals surface area contributed by atoms with Crippen LogP contribution in [0.15, 0.2) is 6.20 Å². The predicted molar refractivity (Wildman–Crippen MR) is 74.5 cm³/mol. The molecule has 100 valence electrons. The maximum absolute atomic E-state index is 4.79. The molecule has 0 saturated heterocycles. The molecule has 1 aromatic heterocycles. The Morgan fingerprint density at radius 3 is 2.94 bits per heavy atom. The Morgan fingerprint density at radius 2 is 2.22 bits per heavy atom. The van der Waals surface area contributed by atoms with Gasteiger partial charge in [0.05, 0.1) is 0 Å². The molecule has 3 nitrogen and oxygen atoms in total. The van der Waals surface area contributed by atoms with Crippen molar-refractivity contribution >= 4 is 0 Å². The molecule has 0 amide bonds. The number of aryl methyl sites for hydroxylation is 2. The van der Waals surface area contributed by atoms with Crippen LogP contribution in [-0.4, -0.2) is 17.0 Å². The van der Waals surface area contributed by atoms with Gasteiger partial charge in [-0.1, -0.05) is 20.3 Å². The van der Waals surface area contributed by atoms with Crippen LogP contribution >= 0.6 is 0 Å². The smallest absolute Gasteiger partial charge is 0.128 e. The second-order valence-corrected chi connectivity index (χ2v) is 5.71. The van der Waals surface area contributed by atoms with Crippen LogP contribution in [0.2, 0.25) is 0 Å². The first-order valence-electron chi connectivity index (χ1n) is 7.22. The Kier molecular flexibility index (Phi) is 4.70. The molecule has 1 heterocycles. The lowest BCUT2D eigenvalue weighted by molar-refractivity contribution is 0.530. The minimum atomic E-state index is 0.446. The van der Waals surface area contributed by atoms with Gasteiger partial charge in [0.15, 0.2) is 0 Å². The molecule has 0 aliphatic heterocycles. The number of fused-ring (bicyclic) bond motifs is 1. The van der Waals surface area contributed by atoms with Crippen LogP contribution in [0, 0.1) is 5.92 Å². The number of rotatable bonds is 4. The van der Waals surface area contributed by atoms with Crippen LogP contribution in [0.4, 0.5) is 0 Å². The van der Waals surface area contributed by atoms with Crippen molar-refractivity contribution < 1.29 is 0 Å². The maximum Gasteiger partial charge on any atom is 0.128 e. The van der Waals surface area contributed by atoms with Gasteiger partial charge in [-0.25, -0.2) is 9.97 Å². The molecule has 3 heteroatoms. The molecule has 1 aliphatic rings. The molecule has 1 aliphatic carbocycles. The van der Waals surface area contributed by atoms with Crippen LogP contribution in [0.3, 0.4) is 0 Å². The van der Waals surface area contributed by atoms with Crippen LogP contribution < -0.4 is 5.32 Å². The van der Waals surface area contributed by atoms with Crippen LogP contribution in [0.5, 0.6) is 0 Å². The van der Waals surface area contributed by atoms with Crippen molar-refractivity contribution in [1.29, 1.82) is 0 Å². The number of hydrogen-bond donors (Lipinski definition) is 1. The van der Waals surface area contributed by atoms with Gasteiger partial charge in [-0.3, -0.25) is 0 Å². The fraction of sp³-hybridized carbons (Fsp3) is 0.733. The van der Waals surface area contributed by atoms with Crippen LogP contribution in [0.1, 0.15) is 62.7 Å². The fourth-order valence-corrected chi connectivity index (χ4v) is 2.59. The lowest BCUT2D eigenvalue weighted by Crippen LogP contribution is -2.18. The van der Waals surface area contributed by atoms with E-state index in [1.807, 2.05) is 7.05 Å². The largest absolute Gasteiger partial charge is 0.313 e. The number of aromatic nitrogens is 2. The summed E-state index contributed by atoms with van der Waals surface area (Å²) in [5.74, 6) is 1.75. The summed E-state index contributed by atoms with van der Waals surface area (Å²) in [6, 6.07) is 0.446. The summed E-state index contributed by atoms with van der Waals surface area (Å²) >= 11 is 0. The molecule has 2 rings (SSSR count). The molecular weight excluding hydrogens is 222 g/mol. The van der Waals surface area contributed by atoms with Gasteiger partial charge in [0.1, 0.15) is 5.82 Å². The van der Waals surface area contributed by atoms with Gasteiger partial charge < -0.3 is 5.32 Å². The zero-order chi connectivity index (χ0) is 13.0. The summed E-state index contributed by atoms with van der Waals surface area (Å²) in [5, 5.41) is 3.39. The first-order chi connectivity index (χ1) is 8.70. The Balaban J connectivity index is 2.17. The first-order valence-corrected chi connectivity index (χ1v) is 7.22. The second kappa shape index (κ2) is 6.28. The highest BCUT2D eigenvalue weighted by Crippen LogP contribution is 2.26. The lowest BCUT2D eigenvalue weighted by atomic mass is 10.0. The van der Waals surface area contributed by atoms with E-state index in [1.165, 1.54) is 36.9 Å². The highest BCUT2D eigenvalue weighted by atomic mass is 14.9. The Labute approximate surface area is 110 Å². The third kappa shape index (κ3) is 3.29. The van der Waals surface area contributed by atoms with Crippen molar-refractivity contribution in [1.82, 2.24) is 15.3 Å². The van der Waals surface area contributed by atoms with Gasteiger partial charge in [-0.15, -0.1) is 0 Å². The van der Waals surface area contributed by atoms with Gasteiger partial charge >= 0.3 is 0 Å². The number of hydrogen-bond acceptors (Lipinski definition) is 3. The SMILES string of the molecule is CNC1CCCCc2nc(CCC(C)C)ncc21. The molecule has 1 atom stereocenters. The van der Waals surface area contributed by atoms with Gasteiger partial charge in [0, 0.05) is 29.9 Å². The van der Waals surface area contributed by atoms with E-state index < -0.39 is 0 Å². The average Bonchev–Trinajstić information content (AvgIpc) is 2.57. The highest BCUT2D eigenvalue weighted by Gasteiger charge is 2.19. The van der Waals surface area contributed by atoms with Crippen LogP contribution in [-0.2, 0) is 12.8 Å². The second-order valence-electron chi connectivity index (χ2n) is 5.71. The van der Waals surface area contributed by atoms with Gasteiger partial charge in [0.25, 0.3) is 0 Å². The van der Waals surface area contributed by atoms with E-state index in [1.54, 1.807) is 0 Å². The van der Waals surface area contributed by atoms with E-state index in [0.29, 0.717) is 6.04 Å². The summed E-state index contributed by atoms with van der Waals surface area (Å²) in [6.07, 6.45) is 9.10. The number of nitrogens with one attached hydrogen (secondary N) is 1. The third-order valence-corrected chi connectivity index (χ3v) is 3.78. The highest BCUT2D eigenvalue weighted by molar-refractivity contribution is 5.23. The summed E-state index contributed by atoms with van der Waals surface area (Å²) in [7, 11) is 2.03. The van der Waals surface area contributed by atoms with E-state index in [0.717, 1.165) is 24.6 Å². The van der Waals surface area contributed by atoms with E-state index in [-0.39, 0.29) is 0 Å². The zero-order valence-electron chi connectivity index (χ0n) is 11.9. The summed E-state index contributed by atoms with van der Waals surface area (Å²) in [5.41, 5.74) is 2.60. The van der Waals surface area contributed by atoms with Crippen molar-refractivity contribution in [2.24, 2.45) is 5.92 Å². The topological polar surface area (TPSA) is 37.8 Å². The van der Waals surface area contributed by atoms with Crippen molar-refractivity contribution in [3.8, 4) is 0 Å². The molecule has 1 unspecified atom stereocenters. The molecule has 0 spiro atoms. The average molecular weight is 247 g/mol. The van der Waals surface area contributed by atoms with E-state index >= 15 is 0 Å². The molecular formula is C15H25N3. The maximum atomic E-state index is 4.79. The monoisotopic (exact) mass is 247 g/mol. The Hall–Kier alpha value is -0.960. The molecule has 0 fully saturated rings. The number of nitrogens with zero attached hydrogens (tertiary/aromatic N) is 2. The first kappa shape index (κ1) is 13.5. The summed E-state index contributed by atoms with van der Waals surface area (Å²) < 4.78 is 0. The van der Waals surface area contributed by atoms with E-state index in [4.69, 9.17) is 4.98 Å². The quantitative estimate of drug-likeness (QED) is 0.831. The van der Waals surface area contributed by atoms with E-state index in [9.17, 15) is 0 Å². The lowest BCUT2D eigenvalue weighted by Gasteiger charge is -2.16. The van der Waals surface area contributed by atoms with Crippen molar-refractivity contribution in [2.75, 3.05) is 7.05 Å². The van der Waals surface area contributed by atoms with Crippen molar-refractivity contribution in [3.05, 3.63) is 23.3 Å². The minimum Gasteiger partial charge on any atom is -0.313 e. The Morgan fingerprint density at radius 1 is 1.39 bits per heavy atom. The zero-order valence-corrected chi connectivity index (χ0v) is 11.9. The Bertz CT molecular complexity index is 387. The molecule has 1 aromatic rings. The fourth-order valence-electron chi connectivity index (χ4n) is 2.59. The van der Waals surface area contributed by atoms with Crippen LogP contribution in [0.25, 0.3) is 0 Å². The van der Waals surface area contributed by atoms with Crippen molar-refractivity contribution in [3.63, 3.8) is 0 Å². The third-order valence-electron chi connectivity index (χ3n) is 3.78. The molecule has 0 aromatic carbocycles.